The summed E-state index contributed by atoms with van der Waals surface area (Å²) in [6.07, 6.45) is 1.51. The third-order valence-corrected chi connectivity index (χ3v) is 2.45. The van der Waals surface area contributed by atoms with Gasteiger partial charge >= 0.3 is 0 Å². The molecule has 0 aromatic heterocycles. The largest absolute Gasteiger partial charge is 0.381 e. The number of carbonyl (C=O) groups excluding carboxylic acids is 1. The van der Waals surface area contributed by atoms with Crippen molar-refractivity contribution in [3.8, 4) is 0 Å². The molecule has 1 saturated heterocycles. The highest BCUT2D eigenvalue weighted by Gasteiger charge is 2.28. The van der Waals surface area contributed by atoms with Gasteiger partial charge in [0.15, 0.2) is 0 Å². The molecule has 4 nitrogen and oxygen atoms in total. The van der Waals surface area contributed by atoms with Crippen LogP contribution in [0.5, 0.6) is 0 Å². The minimum Gasteiger partial charge on any atom is -0.381 e. The molecule has 0 spiro atoms. The lowest BCUT2D eigenvalue weighted by Crippen LogP contribution is -2.41. The molecular weight excluding hydrogens is 170 g/mol. The van der Waals surface area contributed by atoms with Crippen LogP contribution in [0.3, 0.4) is 0 Å². The van der Waals surface area contributed by atoms with Crippen LogP contribution in [0.2, 0.25) is 0 Å². The Kier molecular flexibility index (Phi) is 4.18. The zero-order chi connectivity index (χ0) is 9.68. The number of amides is 1. The van der Waals surface area contributed by atoms with Crippen LogP contribution in [0, 0.1) is 5.92 Å². The van der Waals surface area contributed by atoms with E-state index in [-0.39, 0.29) is 12.0 Å². The number of rotatable bonds is 3. The average molecular weight is 187 g/mol. The predicted octanol–water partition coefficient (Wildman–Crippen LogP) is 0.174. The van der Waals surface area contributed by atoms with Crippen molar-refractivity contribution in [2.24, 2.45) is 5.92 Å². The third kappa shape index (κ3) is 2.67. The van der Waals surface area contributed by atoms with E-state index in [1.807, 2.05) is 0 Å². The highest BCUT2D eigenvalue weighted by Crippen LogP contribution is 2.20. The third-order valence-electron chi connectivity index (χ3n) is 2.45. The van der Waals surface area contributed by atoms with Crippen molar-refractivity contribution in [1.29, 1.82) is 0 Å². The van der Waals surface area contributed by atoms with Gasteiger partial charge in [-0.3, -0.25) is 4.79 Å². The van der Waals surface area contributed by atoms with E-state index in [4.69, 9.17) is 9.47 Å². The summed E-state index contributed by atoms with van der Waals surface area (Å²) in [5.74, 6) is 0.271. The zero-order valence-corrected chi connectivity index (χ0v) is 8.21. The van der Waals surface area contributed by atoms with Crippen molar-refractivity contribution in [2.45, 2.75) is 18.9 Å². The first-order valence-corrected chi connectivity index (χ1v) is 4.61. The van der Waals surface area contributed by atoms with Crippen molar-refractivity contribution in [3.05, 3.63) is 0 Å². The minimum absolute atomic E-state index is 0.0330. The van der Waals surface area contributed by atoms with Crippen molar-refractivity contribution >= 4 is 5.91 Å². The highest BCUT2D eigenvalue weighted by atomic mass is 16.5. The van der Waals surface area contributed by atoms with Gasteiger partial charge in [-0.25, -0.2) is 0 Å². The lowest BCUT2D eigenvalue weighted by atomic mass is 9.93. The second kappa shape index (κ2) is 5.19. The van der Waals surface area contributed by atoms with Crippen LogP contribution in [0.25, 0.3) is 0 Å². The molecule has 1 heterocycles. The molecule has 1 aliphatic heterocycles. The SMILES string of the molecule is CNC(=O)C(OC)C1CCOCC1. The van der Waals surface area contributed by atoms with Crippen LogP contribution >= 0.6 is 0 Å². The average Bonchev–Trinajstić information content (AvgIpc) is 2.20. The summed E-state index contributed by atoms with van der Waals surface area (Å²) in [6, 6.07) is 0. The molecule has 1 fully saturated rings. The van der Waals surface area contributed by atoms with Gasteiger partial charge in [0.1, 0.15) is 6.10 Å². The van der Waals surface area contributed by atoms with Gasteiger partial charge in [-0.2, -0.15) is 0 Å². The van der Waals surface area contributed by atoms with Crippen LogP contribution in [0.1, 0.15) is 12.8 Å². The van der Waals surface area contributed by atoms with E-state index in [1.54, 1.807) is 14.2 Å². The van der Waals surface area contributed by atoms with Crippen LogP contribution in [-0.2, 0) is 14.3 Å². The fraction of sp³-hybridized carbons (Fsp3) is 0.889. The molecule has 1 rings (SSSR count). The molecule has 0 aromatic carbocycles. The van der Waals surface area contributed by atoms with Gasteiger partial charge in [0.2, 0.25) is 5.91 Å². The lowest BCUT2D eigenvalue weighted by Gasteiger charge is -2.27. The topological polar surface area (TPSA) is 47.6 Å². The molecule has 0 aliphatic carbocycles. The standard InChI is InChI=1S/C9H17NO3/c1-10-9(11)8(12-2)7-3-5-13-6-4-7/h7-8H,3-6H2,1-2H3,(H,10,11). The van der Waals surface area contributed by atoms with E-state index in [2.05, 4.69) is 5.32 Å². The van der Waals surface area contributed by atoms with E-state index < -0.39 is 0 Å². The first-order chi connectivity index (χ1) is 6.29. The molecule has 1 amide bonds. The molecule has 1 unspecified atom stereocenters. The van der Waals surface area contributed by atoms with Gasteiger partial charge in [0.25, 0.3) is 0 Å². The van der Waals surface area contributed by atoms with E-state index in [0.29, 0.717) is 5.92 Å². The number of likely N-dealkylation sites (N-methyl/N-ethyl adjacent to an activating group) is 1. The highest BCUT2D eigenvalue weighted by molar-refractivity contribution is 5.80. The van der Waals surface area contributed by atoms with Crippen molar-refractivity contribution in [3.63, 3.8) is 0 Å². The molecule has 13 heavy (non-hydrogen) atoms. The van der Waals surface area contributed by atoms with Gasteiger partial charge < -0.3 is 14.8 Å². The second-order valence-corrected chi connectivity index (χ2v) is 3.22. The quantitative estimate of drug-likeness (QED) is 0.685. The molecule has 4 heteroatoms. The number of ether oxygens (including phenoxy) is 2. The van der Waals surface area contributed by atoms with Crippen molar-refractivity contribution < 1.29 is 14.3 Å². The van der Waals surface area contributed by atoms with E-state index >= 15 is 0 Å². The molecule has 0 bridgehead atoms. The summed E-state index contributed by atoms with van der Waals surface area (Å²) in [6.45, 7) is 1.48. The van der Waals surface area contributed by atoms with Gasteiger partial charge in [-0.1, -0.05) is 0 Å². The zero-order valence-electron chi connectivity index (χ0n) is 8.21. The number of hydrogen-bond acceptors (Lipinski definition) is 3. The van der Waals surface area contributed by atoms with Crippen LogP contribution in [-0.4, -0.2) is 39.4 Å². The number of methoxy groups -OCH3 is 1. The monoisotopic (exact) mass is 187 g/mol. The number of hydrogen-bond donors (Lipinski definition) is 1. The Morgan fingerprint density at radius 3 is 2.62 bits per heavy atom. The molecule has 1 N–H and O–H groups in total. The predicted molar refractivity (Wildman–Crippen MR) is 48.4 cm³/mol. The molecule has 0 saturated carbocycles. The Balaban J connectivity index is 2.48. The lowest BCUT2D eigenvalue weighted by molar-refractivity contribution is -0.136. The van der Waals surface area contributed by atoms with Gasteiger partial charge in [-0.15, -0.1) is 0 Å². The minimum atomic E-state index is -0.311. The first kappa shape index (κ1) is 10.5. The first-order valence-electron chi connectivity index (χ1n) is 4.61. The van der Waals surface area contributed by atoms with Gasteiger partial charge in [0, 0.05) is 27.4 Å². The normalized spacial score (nSPS) is 21.1. The van der Waals surface area contributed by atoms with Crippen molar-refractivity contribution in [2.75, 3.05) is 27.4 Å². The summed E-state index contributed by atoms with van der Waals surface area (Å²) in [5, 5.41) is 2.61. The summed E-state index contributed by atoms with van der Waals surface area (Å²) in [5.41, 5.74) is 0. The molecule has 76 valence electrons. The Hall–Kier alpha value is -0.610. The Morgan fingerprint density at radius 1 is 1.54 bits per heavy atom. The fourth-order valence-electron chi connectivity index (χ4n) is 1.67. The number of carbonyl (C=O) groups is 1. The summed E-state index contributed by atoms with van der Waals surface area (Å²) < 4.78 is 10.4. The fourth-order valence-corrected chi connectivity index (χ4v) is 1.67. The molecular formula is C9H17NO3. The molecule has 1 atom stereocenters. The maximum atomic E-state index is 11.4. The second-order valence-electron chi connectivity index (χ2n) is 3.22. The van der Waals surface area contributed by atoms with Crippen molar-refractivity contribution in [1.82, 2.24) is 5.32 Å². The Bertz CT molecular complexity index is 166. The Morgan fingerprint density at radius 2 is 2.15 bits per heavy atom. The Labute approximate surface area is 78.6 Å². The maximum absolute atomic E-state index is 11.4. The van der Waals surface area contributed by atoms with Crippen LogP contribution in [0.15, 0.2) is 0 Å². The van der Waals surface area contributed by atoms with Gasteiger partial charge in [-0.05, 0) is 18.8 Å². The van der Waals surface area contributed by atoms with E-state index in [9.17, 15) is 4.79 Å². The summed E-state index contributed by atoms with van der Waals surface area (Å²) >= 11 is 0. The summed E-state index contributed by atoms with van der Waals surface area (Å²) in [4.78, 5) is 11.4. The molecule has 0 radical (unpaired) electrons. The molecule has 0 aromatic rings. The summed E-state index contributed by atoms with van der Waals surface area (Å²) in [7, 11) is 3.21. The van der Waals surface area contributed by atoms with Crippen LogP contribution in [0.4, 0.5) is 0 Å². The maximum Gasteiger partial charge on any atom is 0.249 e. The molecule has 1 aliphatic rings. The number of nitrogens with one attached hydrogen (secondary N) is 1. The van der Waals surface area contributed by atoms with E-state index in [0.717, 1.165) is 26.1 Å². The smallest absolute Gasteiger partial charge is 0.249 e. The van der Waals surface area contributed by atoms with E-state index in [1.165, 1.54) is 0 Å². The van der Waals surface area contributed by atoms with Gasteiger partial charge in [0.05, 0.1) is 0 Å². The van der Waals surface area contributed by atoms with Crippen LogP contribution < -0.4 is 5.32 Å².